The van der Waals surface area contributed by atoms with Crippen LogP contribution in [-0.4, -0.2) is 9.55 Å². The summed E-state index contributed by atoms with van der Waals surface area (Å²) in [5.74, 6) is 0.687. The second-order valence-electron chi connectivity index (χ2n) is 7.31. The summed E-state index contributed by atoms with van der Waals surface area (Å²) in [5.41, 5.74) is 1.58. The van der Waals surface area contributed by atoms with Gasteiger partial charge in [0.1, 0.15) is 5.82 Å². The Morgan fingerprint density at radius 1 is 0.677 bits per heavy atom. The first kappa shape index (κ1) is 19.4. The Morgan fingerprint density at radius 2 is 1.23 bits per heavy atom. The number of para-hydroxylation sites is 2. The van der Waals surface area contributed by atoms with E-state index in [9.17, 15) is 4.79 Å². The standard InChI is InChI=1S/C27H21N2OP/c1-20-28-24-17-9-8-16-23(24)27(30)29(20)25-18-10-11-19-26(25)31(21-12-4-2-5-13-21)22-14-6-3-7-15-22/h2-19H,1H3. The molecule has 0 atom stereocenters. The lowest BCUT2D eigenvalue weighted by molar-refractivity contribution is 0.899. The maximum Gasteiger partial charge on any atom is 0.265 e. The van der Waals surface area contributed by atoms with Crippen LogP contribution in [0.15, 0.2) is 114 Å². The largest absolute Gasteiger partial charge is 0.268 e. The van der Waals surface area contributed by atoms with Gasteiger partial charge in [-0.25, -0.2) is 4.98 Å². The third kappa shape index (κ3) is 3.58. The molecule has 31 heavy (non-hydrogen) atoms. The molecule has 0 saturated heterocycles. The normalized spacial score (nSPS) is 11.2. The molecule has 0 unspecified atom stereocenters. The first-order valence-corrected chi connectivity index (χ1v) is 11.6. The number of hydrogen-bond acceptors (Lipinski definition) is 2. The van der Waals surface area contributed by atoms with Crippen LogP contribution in [0.25, 0.3) is 16.6 Å². The fourth-order valence-corrected chi connectivity index (χ4v) is 6.38. The van der Waals surface area contributed by atoms with Gasteiger partial charge in [0.25, 0.3) is 5.56 Å². The number of nitrogens with zero attached hydrogens (tertiary/aromatic N) is 2. The summed E-state index contributed by atoms with van der Waals surface area (Å²) in [6.45, 7) is 1.90. The van der Waals surface area contributed by atoms with Gasteiger partial charge in [-0.05, 0) is 43.7 Å². The van der Waals surface area contributed by atoms with Crippen molar-refractivity contribution in [2.45, 2.75) is 6.92 Å². The smallest absolute Gasteiger partial charge is 0.265 e. The molecule has 5 aromatic rings. The van der Waals surface area contributed by atoms with Crippen molar-refractivity contribution in [3.8, 4) is 5.69 Å². The minimum atomic E-state index is -0.846. The van der Waals surface area contributed by atoms with E-state index in [0.717, 1.165) is 16.5 Å². The molecule has 0 aliphatic rings. The molecule has 3 nitrogen and oxygen atoms in total. The van der Waals surface area contributed by atoms with E-state index >= 15 is 0 Å². The van der Waals surface area contributed by atoms with Crippen molar-refractivity contribution in [3.63, 3.8) is 0 Å². The number of aryl methyl sites for hydroxylation is 1. The molecule has 0 saturated carbocycles. The summed E-state index contributed by atoms with van der Waals surface area (Å²) in [6, 6.07) is 36.8. The molecule has 0 spiro atoms. The fraction of sp³-hybridized carbons (Fsp3) is 0.0370. The van der Waals surface area contributed by atoms with Crippen LogP contribution in [0.1, 0.15) is 5.82 Å². The Bertz CT molecular complexity index is 1370. The van der Waals surface area contributed by atoms with Gasteiger partial charge >= 0.3 is 0 Å². The highest BCUT2D eigenvalue weighted by atomic mass is 31.1. The van der Waals surface area contributed by atoms with E-state index < -0.39 is 7.92 Å². The van der Waals surface area contributed by atoms with Crippen LogP contribution in [0.5, 0.6) is 0 Å². The van der Waals surface area contributed by atoms with Crippen LogP contribution >= 0.6 is 7.92 Å². The zero-order chi connectivity index (χ0) is 21.2. The molecular weight excluding hydrogens is 399 g/mol. The minimum Gasteiger partial charge on any atom is -0.268 e. The summed E-state index contributed by atoms with van der Waals surface area (Å²) >= 11 is 0. The van der Waals surface area contributed by atoms with Crippen LogP contribution in [0.4, 0.5) is 0 Å². The predicted molar refractivity (Wildman–Crippen MR) is 131 cm³/mol. The van der Waals surface area contributed by atoms with Crippen molar-refractivity contribution in [1.82, 2.24) is 9.55 Å². The number of fused-ring (bicyclic) bond motifs is 1. The molecule has 0 aliphatic heterocycles. The second-order valence-corrected chi connectivity index (χ2v) is 9.50. The average molecular weight is 420 g/mol. The van der Waals surface area contributed by atoms with Crippen LogP contribution in [0.2, 0.25) is 0 Å². The molecule has 150 valence electrons. The van der Waals surface area contributed by atoms with E-state index in [1.54, 1.807) is 4.57 Å². The van der Waals surface area contributed by atoms with Crippen molar-refractivity contribution in [3.05, 3.63) is 125 Å². The molecule has 0 N–H and O–H groups in total. The van der Waals surface area contributed by atoms with Gasteiger partial charge in [0.2, 0.25) is 0 Å². The van der Waals surface area contributed by atoms with E-state index in [-0.39, 0.29) is 5.56 Å². The SMILES string of the molecule is Cc1nc2ccccc2c(=O)n1-c1ccccc1P(c1ccccc1)c1ccccc1. The lowest BCUT2D eigenvalue weighted by atomic mass is 10.2. The van der Waals surface area contributed by atoms with Gasteiger partial charge < -0.3 is 0 Å². The first-order chi connectivity index (χ1) is 15.2. The number of aromatic nitrogens is 2. The highest BCUT2D eigenvalue weighted by Crippen LogP contribution is 2.35. The van der Waals surface area contributed by atoms with Gasteiger partial charge in [0, 0.05) is 5.30 Å². The monoisotopic (exact) mass is 420 g/mol. The average Bonchev–Trinajstić information content (AvgIpc) is 2.82. The summed E-state index contributed by atoms with van der Waals surface area (Å²) < 4.78 is 1.76. The third-order valence-corrected chi connectivity index (χ3v) is 7.82. The predicted octanol–water partition coefficient (Wildman–Crippen LogP) is 4.45. The molecule has 0 bridgehead atoms. The minimum absolute atomic E-state index is 0.0355. The van der Waals surface area contributed by atoms with E-state index in [1.807, 2.05) is 55.5 Å². The second kappa shape index (κ2) is 8.29. The molecule has 0 radical (unpaired) electrons. The quantitative estimate of drug-likeness (QED) is 0.403. The van der Waals surface area contributed by atoms with Gasteiger partial charge in [-0.1, -0.05) is 91.0 Å². The third-order valence-electron chi connectivity index (χ3n) is 5.34. The molecule has 4 aromatic carbocycles. The Balaban J connectivity index is 1.80. The Labute approximate surface area is 182 Å². The maximum atomic E-state index is 13.5. The van der Waals surface area contributed by atoms with Crippen LogP contribution < -0.4 is 21.5 Å². The zero-order valence-electron chi connectivity index (χ0n) is 17.1. The lowest BCUT2D eigenvalue weighted by Gasteiger charge is -2.23. The van der Waals surface area contributed by atoms with Gasteiger partial charge in [-0.15, -0.1) is 0 Å². The number of hydrogen-bond donors (Lipinski definition) is 0. The molecule has 5 rings (SSSR count). The van der Waals surface area contributed by atoms with Crippen molar-refractivity contribution >= 4 is 34.7 Å². The maximum absolute atomic E-state index is 13.5. The summed E-state index contributed by atoms with van der Waals surface area (Å²) in [5, 5.41) is 4.26. The Morgan fingerprint density at radius 3 is 1.90 bits per heavy atom. The van der Waals surface area contributed by atoms with Crippen molar-refractivity contribution < 1.29 is 0 Å². The lowest BCUT2D eigenvalue weighted by Crippen LogP contribution is -2.29. The van der Waals surface area contributed by atoms with Gasteiger partial charge in [-0.3, -0.25) is 9.36 Å². The van der Waals surface area contributed by atoms with E-state index in [4.69, 9.17) is 4.98 Å². The Kier molecular flexibility index (Phi) is 5.19. The fourth-order valence-electron chi connectivity index (χ4n) is 3.95. The molecule has 1 heterocycles. The van der Waals surface area contributed by atoms with Crippen molar-refractivity contribution in [2.24, 2.45) is 0 Å². The number of benzene rings is 4. The summed E-state index contributed by atoms with van der Waals surface area (Å²) in [6.07, 6.45) is 0. The Hall–Kier alpha value is -3.55. The van der Waals surface area contributed by atoms with Gasteiger partial charge in [0.15, 0.2) is 0 Å². The van der Waals surface area contributed by atoms with Crippen LogP contribution in [-0.2, 0) is 0 Å². The zero-order valence-corrected chi connectivity index (χ0v) is 18.0. The van der Waals surface area contributed by atoms with Crippen molar-refractivity contribution in [1.29, 1.82) is 0 Å². The summed E-state index contributed by atoms with van der Waals surface area (Å²) in [7, 11) is -0.846. The summed E-state index contributed by atoms with van der Waals surface area (Å²) in [4.78, 5) is 18.3. The van der Waals surface area contributed by atoms with Crippen LogP contribution in [0, 0.1) is 6.92 Å². The molecule has 1 aromatic heterocycles. The topological polar surface area (TPSA) is 34.9 Å². The van der Waals surface area contributed by atoms with E-state index in [1.165, 1.54) is 10.6 Å². The first-order valence-electron chi connectivity index (χ1n) is 10.2. The molecule has 0 fully saturated rings. The number of rotatable bonds is 4. The van der Waals surface area contributed by atoms with Crippen molar-refractivity contribution in [2.75, 3.05) is 0 Å². The van der Waals surface area contributed by atoms with E-state index in [0.29, 0.717) is 11.2 Å². The highest BCUT2D eigenvalue weighted by molar-refractivity contribution is 7.80. The molecular formula is C27H21N2OP. The van der Waals surface area contributed by atoms with Crippen LogP contribution in [0.3, 0.4) is 0 Å². The highest BCUT2D eigenvalue weighted by Gasteiger charge is 2.21. The van der Waals surface area contributed by atoms with Gasteiger partial charge in [0.05, 0.1) is 16.6 Å². The molecule has 0 aliphatic carbocycles. The molecule has 4 heteroatoms. The van der Waals surface area contributed by atoms with E-state index in [2.05, 4.69) is 60.7 Å². The molecule has 0 amide bonds. The van der Waals surface area contributed by atoms with Gasteiger partial charge in [-0.2, -0.15) is 0 Å².